The van der Waals surface area contributed by atoms with Crippen molar-refractivity contribution in [1.82, 2.24) is 0 Å². The Labute approximate surface area is 197 Å². The van der Waals surface area contributed by atoms with Crippen LogP contribution >= 0.6 is 0 Å². The molecule has 0 atom stereocenters. The van der Waals surface area contributed by atoms with Crippen molar-refractivity contribution in [2.24, 2.45) is 0 Å². The molecule has 2 heteroatoms. The first-order valence-electron chi connectivity index (χ1n) is 11.2. The van der Waals surface area contributed by atoms with Gasteiger partial charge in [0.2, 0.25) is 0 Å². The predicted octanol–water partition coefficient (Wildman–Crippen LogP) is 4.85. The van der Waals surface area contributed by atoms with Gasteiger partial charge in [-0.2, -0.15) is 21.9 Å². The fourth-order valence-corrected chi connectivity index (χ4v) is 4.99. The van der Waals surface area contributed by atoms with Crippen molar-refractivity contribution in [1.29, 1.82) is 0 Å². The van der Waals surface area contributed by atoms with E-state index >= 15 is 0 Å². The molecule has 0 spiro atoms. The number of hydrogen-bond acceptors (Lipinski definition) is 0. The zero-order valence-corrected chi connectivity index (χ0v) is 20.3. The average molecular weight is 436 g/mol. The molecule has 4 rings (SSSR count). The summed E-state index contributed by atoms with van der Waals surface area (Å²) in [6.45, 7) is 6.03. The van der Waals surface area contributed by atoms with Gasteiger partial charge < -0.3 is 0 Å². The Hall–Kier alpha value is -2.97. The van der Waals surface area contributed by atoms with Crippen molar-refractivity contribution in [3.05, 3.63) is 133 Å². The van der Waals surface area contributed by atoms with E-state index in [0.29, 0.717) is 10.9 Å². The number of hydrogen-bond donors (Lipinski definition) is 0. The van der Waals surface area contributed by atoms with Crippen molar-refractivity contribution in [3.8, 4) is 0 Å². The van der Waals surface area contributed by atoms with Gasteiger partial charge in [-0.05, 0) is 6.58 Å². The maximum absolute atomic E-state index is 3.89. The molecule has 0 nitrogen and oxygen atoms in total. The summed E-state index contributed by atoms with van der Waals surface area (Å²) in [7, 11) is 0.445. The smallest absolute Gasteiger partial charge is 0.123 e. The zero-order chi connectivity index (χ0) is 22.8. The molecule has 0 saturated carbocycles. The van der Waals surface area contributed by atoms with Crippen LogP contribution in [0.2, 0.25) is 0 Å². The quantitative estimate of drug-likeness (QED) is 0.299. The first kappa shape index (κ1) is 23.7. The molecule has 0 N–H and O–H groups in total. The summed E-state index contributed by atoms with van der Waals surface area (Å²) in [5.74, 6) is 0. The van der Waals surface area contributed by atoms with Crippen LogP contribution in [0, 0.1) is 0 Å². The number of rotatable bonds is 6. The normalized spacial score (nSPS) is 10.9. The van der Waals surface area contributed by atoms with Gasteiger partial charge in [0.05, 0.1) is 0 Å². The van der Waals surface area contributed by atoms with E-state index in [2.05, 4.69) is 147 Å². The van der Waals surface area contributed by atoms with E-state index in [1.165, 1.54) is 26.8 Å². The van der Waals surface area contributed by atoms with Gasteiger partial charge >= 0.3 is 0 Å². The average Bonchev–Trinajstić information content (AvgIpc) is 2.87. The maximum atomic E-state index is 3.89. The molecule has 0 aromatic heterocycles. The molecule has 0 bridgehead atoms. The molecule has 4 aromatic carbocycles. The minimum atomic E-state index is -1.22. The minimum absolute atomic E-state index is 0.445. The van der Waals surface area contributed by atoms with Crippen LogP contribution in [0.25, 0.3) is 0 Å². The van der Waals surface area contributed by atoms with E-state index in [1.54, 1.807) is 0 Å². The number of benzene rings is 4. The monoisotopic (exact) mass is 436 g/mol. The van der Waals surface area contributed by atoms with Gasteiger partial charge in [0, 0.05) is 17.3 Å². The van der Waals surface area contributed by atoms with Crippen LogP contribution in [0.3, 0.4) is 0 Å². The Morgan fingerprint density at radius 3 is 0.969 bits per heavy atom. The van der Waals surface area contributed by atoms with Crippen LogP contribution in [0.15, 0.2) is 133 Å². The third kappa shape index (κ3) is 5.26. The second-order valence-electron chi connectivity index (χ2n) is 8.22. The highest BCUT2D eigenvalue weighted by molar-refractivity contribution is 7.99. The van der Waals surface area contributed by atoms with Gasteiger partial charge in [0.15, 0.2) is 0 Å². The molecule has 0 amide bonds. The maximum Gasteiger partial charge on any atom is 0.123 e. The van der Waals surface area contributed by atoms with Crippen LogP contribution in [-0.4, -0.2) is 18.7 Å². The van der Waals surface area contributed by atoms with Crippen molar-refractivity contribution < 1.29 is 0 Å². The van der Waals surface area contributed by atoms with Crippen LogP contribution in [0.5, 0.6) is 0 Å². The van der Waals surface area contributed by atoms with E-state index in [0.717, 1.165) is 6.42 Å². The highest BCUT2D eigenvalue weighted by Crippen LogP contribution is 2.09. The first-order chi connectivity index (χ1) is 15.6. The molecule has 0 aliphatic rings. The number of allylic oxidation sites excluding steroid dienone is 1. The lowest BCUT2D eigenvalue weighted by Gasteiger charge is -2.44. The SMILES string of the molecule is C=C(CC)[S+](C)C.c1ccc([B-](c2ccccc2)(c2ccccc2)c2ccccc2)cc1. The summed E-state index contributed by atoms with van der Waals surface area (Å²) >= 11 is 0. The van der Waals surface area contributed by atoms with E-state index in [9.17, 15) is 0 Å². The van der Waals surface area contributed by atoms with Crippen molar-refractivity contribution in [3.63, 3.8) is 0 Å². The van der Waals surface area contributed by atoms with Crippen molar-refractivity contribution >= 4 is 38.9 Å². The molecule has 162 valence electrons. The van der Waals surface area contributed by atoms with Gasteiger partial charge in [-0.3, -0.25) is 0 Å². The molecule has 0 radical (unpaired) electrons. The molecule has 0 fully saturated rings. The summed E-state index contributed by atoms with van der Waals surface area (Å²) in [5, 5.41) is 0. The molecule has 0 aliphatic heterocycles. The predicted molar refractivity (Wildman–Crippen MR) is 149 cm³/mol. The van der Waals surface area contributed by atoms with Gasteiger partial charge in [0.25, 0.3) is 0 Å². The lowest BCUT2D eigenvalue weighted by Crippen LogP contribution is -2.74. The highest BCUT2D eigenvalue weighted by atomic mass is 32.2. The fourth-order valence-electron chi connectivity index (χ4n) is 4.41. The van der Waals surface area contributed by atoms with E-state index in [4.69, 9.17) is 0 Å². The Morgan fingerprint density at radius 1 is 0.562 bits per heavy atom. The molecule has 4 aromatic rings. The molecule has 0 unspecified atom stereocenters. The summed E-state index contributed by atoms with van der Waals surface area (Å²) in [6, 6.07) is 43.5. The zero-order valence-electron chi connectivity index (χ0n) is 19.4. The first-order valence-corrected chi connectivity index (χ1v) is 13.3. The summed E-state index contributed by atoms with van der Waals surface area (Å²) in [6.07, 6.45) is 4.32. The summed E-state index contributed by atoms with van der Waals surface area (Å²) < 4.78 is 0. The standard InChI is InChI=1S/C24H20B.C6H13S/c1-5-13-21(14-6-1)25(22-15-7-2-8-16-22,23-17-9-3-10-18-23)24-19-11-4-12-20-24;1-5-6(2)7(3)4/h1-20H;2,5H2,1,3-4H3/q-1;+1. The second-order valence-corrected chi connectivity index (χ2v) is 10.4. The van der Waals surface area contributed by atoms with Gasteiger partial charge in [-0.1, -0.05) is 128 Å². The Bertz CT molecular complexity index is 911. The molecule has 32 heavy (non-hydrogen) atoms. The molecule has 0 heterocycles. The molecular formula is C30H33BS. The van der Waals surface area contributed by atoms with Crippen molar-refractivity contribution in [2.45, 2.75) is 13.3 Å². The van der Waals surface area contributed by atoms with E-state index < -0.39 is 6.15 Å². The highest BCUT2D eigenvalue weighted by Gasteiger charge is 2.30. The Morgan fingerprint density at radius 2 is 0.812 bits per heavy atom. The molecular weight excluding hydrogens is 403 g/mol. The van der Waals surface area contributed by atoms with Gasteiger partial charge in [-0.25, -0.2) is 0 Å². The van der Waals surface area contributed by atoms with Crippen LogP contribution in [0.4, 0.5) is 0 Å². The van der Waals surface area contributed by atoms with Gasteiger partial charge in [0.1, 0.15) is 23.6 Å². The lowest BCUT2D eigenvalue weighted by molar-refractivity contribution is 1.20. The van der Waals surface area contributed by atoms with Crippen LogP contribution in [0.1, 0.15) is 13.3 Å². The van der Waals surface area contributed by atoms with E-state index in [1.807, 2.05) is 0 Å². The van der Waals surface area contributed by atoms with E-state index in [-0.39, 0.29) is 0 Å². The largest absolute Gasteiger partial charge is 0.195 e. The minimum Gasteiger partial charge on any atom is -0.195 e. The summed E-state index contributed by atoms with van der Waals surface area (Å²) in [5.41, 5.74) is 5.36. The molecule has 0 saturated heterocycles. The van der Waals surface area contributed by atoms with Crippen LogP contribution < -0.4 is 21.9 Å². The fraction of sp³-hybridized carbons (Fsp3) is 0.133. The lowest BCUT2D eigenvalue weighted by atomic mass is 9.13. The van der Waals surface area contributed by atoms with Crippen LogP contribution in [-0.2, 0) is 10.9 Å². The Balaban J connectivity index is 0.000000360. The van der Waals surface area contributed by atoms with Gasteiger partial charge in [-0.15, -0.1) is 0 Å². The molecule has 0 aliphatic carbocycles. The third-order valence-corrected chi connectivity index (χ3v) is 7.61. The van der Waals surface area contributed by atoms with Crippen molar-refractivity contribution in [2.75, 3.05) is 12.5 Å². The Kier molecular flexibility index (Phi) is 8.59. The summed E-state index contributed by atoms with van der Waals surface area (Å²) in [4.78, 5) is 1.38. The third-order valence-electron chi connectivity index (χ3n) is 6.17. The second kappa shape index (κ2) is 11.6. The topological polar surface area (TPSA) is 0 Å².